The van der Waals surface area contributed by atoms with Gasteiger partial charge in [0.1, 0.15) is 6.04 Å². The minimum Gasteiger partial charge on any atom is -0.468 e. The van der Waals surface area contributed by atoms with Crippen molar-refractivity contribution in [1.29, 1.82) is 0 Å². The molecule has 0 aromatic rings. The minimum absolute atomic E-state index is 0.148. The van der Waals surface area contributed by atoms with Crippen molar-refractivity contribution in [3.8, 4) is 0 Å². The fourth-order valence-electron chi connectivity index (χ4n) is 2.66. The van der Waals surface area contributed by atoms with Gasteiger partial charge < -0.3 is 19.9 Å². The van der Waals surface area contributed by atoms with Crippen LogP contribution in [0.15, 0.2) is 0 Å². The zero-order chi connectivity index (χ0) is 14.3. The number of hydrogen-bond donors (Lipinski definition) is 1. The van der Waals surface area contributed by atoms with E-state index in [1.54, 1.807) is 0 Å². The highest BCUT2D eigenvalue weighted by Gasteiger charge is 2.23. The molecule has 1 heterocycles. The van der Waals surface area contributed by atoms with Crippen LogP contribution in [0.3, 0.4) is 0 Å². The van der Waals surface area contributed by atoms with E-state index in [4.69, 9.17) is 4.74 Å². The predicted octanol–water partition coefficient (Wildman–Crippen LogP) is 0.554. The van der Waals surface area contributed by atoms with Gasteiger partial charge in [0.15, 0.2) is 0 Å². The van der Waals surface area contributed by atoms with Gasteiger partial charge in [-0.2, -0.15) is 0 Å². The molecule has 0 amide bonds. The smallest absolute Gasteiger partial charge is 0.322 e. The normalized spacial score (nSPS) is 19.6. The first kappa shape index (κ1) is 16.4. The number of carbonyl (C=O) groups is 1. The molecule has 0 radical (unpaired) electrons. The lowest BCUT2D eigenvalue weighted by Gasteiger charge is -2.35. The molecule has 5 nitrogen and oxygen atoms in total. The van der Waals surface area contributed by atoms with Crippen molar-refractivity contribution in [3.05, 3.63) is 0 Å². The Morgan fingerprint density at radius 3 is 2.53 bits per heavy atom. The molecule has 1 saturated heterocycles. The maximum Gasteiger partial charge on any atom is 0.322 e. The van der Waals surface area contributed by atoms with E-state index in [0.717, 1.165) is 32.6 Å². The van der Waals surface area contributed by atoms with Gasteiger partial charge in [0.05, 0.1) is 7.11 Å². The second-order valence-electron chi connectivity index (χ2n) is 5.46. The van der Waals surface area contributed by atoms with Gasteiger partial charge in [0, 0.05) is 12.6 Å². The van der Waals surface area contributed by atoms with Crippen molar-refractivity contribution in [2.75, 3.05) is 47.4 Å². The number of esters is 1. The molecule has 0 aromatic heterocycles. The fourth-order valence-corrected chi connectivity index (χ4v) is 2.66. The summed E-state index contributed by atoms with van der Waals surface area (Å²) >= 11 is 0. The van der Waals surface area contributed by atoms with Crippen LogP contribution in [0, 0.1) is 0 Å². The summed E-state index contributed by atoms with van der Waals surface area (Å²) in [6, 6.07) is 0.544. The number of rotatable bonds is 7. The van der Waals surface area contributed by atoms with E-state index in [1.807, 2.05) is 6.92 Å². The van der Waals surface area contributed by atoms with Crippen LogP contribution in [-0.2, 0) is 9.53 Å². The van der Waals surface area contributed by atoms with Gasteiger partial charge in [-0.25, -0.2) is 0 Å². The first-order valence-corrected chi connectivity index (χ1v) is 7.28. The molecular weight excluding hydrogens is 242 g/mol. The molecule has 0 saturated carbocycles. The van der Waals surface area contributed by atoms with Gasteiger partial charge in [-0.1, -0.05) is 6.92 Å². The zero-order valence-electron chi connectivity index (χ0n) is 12.8. The predicted molar refractivity (Wildman–Crippen MR) is 77.2 cm³/mol. The van der Waals surface area contributed by atoms with Gasteiger partial charge >= 0.3 is 5.97 Å². The lowest BCUT2D eigenvalue weighted by Crippen LogP contribution is -2.45. The Bertz CT molecular complexity index is 263. The summed E-state index contributed by atoms with van der Waals surface area (Å²) in [4.78, 5) is 16.4. The Labute approximate surface area is 117 Å². The van der Waals surface area contributed by atoms with Gasteiger partial charge in [-0.3, -0.25) is 4.79 Å². The third kappa shape index (κ3) is 5.47. The first-order valence-electron chi connectivity index (χ1n) is 7.28. The maximum atomic E-state index is 11.6. The third-order valence-electron chi connectivity index (χ3n) is 3.96. The monoisotopic (exact) mass is 271 g/mol. The summed E-state index contributed by atoms with van der Waals surface area (Å²) in [6.45, 7) is 6.03. The van der Waals surface area contributed by atoms with Gasteiger partial charge in [0.2, 0.25) is 0 Å². The van der Waals surface area contributed by atoms with Gasteiger partial charge in [-0.15, -0.1) is 0 Å². The van der Waals surface area contributed by atoms with E-state index in [-0.39, 0.29) is 12.0 Å². The second-order valence-corrected chi connectivity index (χ2v) is 5.46. The number of carbonyl (C=O) groups excluding carboxylic acids is 1. The summed E-state index contributed by atoms with van der Waals surface area (Å²) in [5.41, 5.74) is 0. The number of nitrogens with one attached hydrogen (secondary N) is 1. The van der Waals surface area contributed by atoms with E-state index in [9.17, 15) is 4.79 Å². The molecule has 1 atom stereocenters. The highest BCUT2D eigenvalue weighted by atomic mass is 16.5. The summed E-state index contributed by atoms with van der Waals surface area (Å²) in [6.07, 6.45) is 3.27. The van der Waals surface area contributed by atoms with Gasteiger partial charge in [0.25, 0.3) is 0 Å². The number of piperidine rings is 1. The van der Waals surface area contributed by atoms with Crippen molar-refractivity contribution >= 4 is 5.97 Å². The van der Waals surface area contributed by atoms with E-state index >= 15 is 0 Å². The van der Waals surface area contributed by atoms with Crippen LogP contribution in [0.1, 0.15) is 26.2 Å². The second kappa shape index (κ2) is 8.51. The molecule has 1 aliphatic rings. The lowest BCUT2D eigenvalue weighted by molar-refractivity contribution is -0.143. The Balaban J connectivity index is 2.30. The van der Waals surface area contributed by atoms with Crippen molar-refractivity contribution in [1.82, 2.24) is 15.1 Å². The molecule has 0 aliphatic carbocycles. The summed E-state index contributed by atoms with van der Waals surface area (Å²) in [5.74, 6) is -0.148. The average Bonchev–Trinajstić information content (AvgIpc) is 2.43. The van der Waals surface area contributed by atoms with Gasteiger partial charge in [-0.05, 0) is 53.0 Å². The van der Waals surface area contributed by atoms with Crippen molar-refractivity contribution in [2.24, 2.45) is 0 Å². The molecule has 1 aliphatic heterocycles. The van der Waals surface area contributed by atoms with E-state index in [1.165, 1.54) is 20.0 Å². The molecule has 1 rings (SSSR count). The Morgan fingerprint density at radius 2 is 2.05 bits per heavy atom. The van der Waals surface area contributed by atoms with Crippen LogP contribution in [-0.4, -0.2) is 75.2 Å². The highest BCUT2D eigenvalue weighted by Crippen LogP contribution is 2.14. The van der Waals surface area contributed by atoms with Crippen LogP contribution in [0.25, 0.3) is 0 Å². The topological polar surface area (TPSA) is 44.8 Å². The van der Waals surface area contributed by atoms with Crippen LogP contribution < -0.4 is 5.32 Å². The van der Waals surface area contributed by atoms with Crippen molar-refractivity contribution < 1.29 is 9.53 Å². The molecule has 0 spiro atoms. The van der Waals surface area contributed by atoms with Crippen LogP contribution >= 0.6 is 0 Å². The Morgan fingerprint density at radius 1 is 1.42 bits per heavy atom. The molecular formula is C14H29N3O2. The number of ether oxygens (including phenoxy) is 1. The quantitative estimate of drug-likeness (QED) is 0.685. The summed E-state index contributed by atoms with van der Waals surface area (Å²) in [7, 11) is 5.76. The summed E-state index contributed by atoms with van der Waals surface area (Å²) < 4.78 is 4.83. The molecule has 0 aromatic carbocycles. The summed E-state index contributed by atoms with van der Waals surface area (Å²) in [5, 5.41) is 3.19. The van der Waals surface area contributed by atoms with E-state index in [2.05, 4.69) is 29.2 Å². The van der Waals surface area contributed by atoms with Crippen LogP contribution in [0.2, 0.25) is 0 Å². The van der Waals surface area contributed by atoms with E-state index < -0.39 is 0 Å². The molecule has 1 fully saturated rings. The minimum atomic E-state index is -0.165. The first-order chi connectivity index (χ1) is 9.08. The van der Waals surface area contributed by atoms with E-state index in [0.29, 0.717) is 6.04 Å². The Hall–Kier alpha value is -0.650. The number of likely N-dealkylation sites (N-methyl/N-ethyl adjacent to an activating group) is 1. The number of nitrogens with zero attached hydrogens (tertiary/aromatic N) is 2. The molecule has 0 bridgehead atoms. The average molecular weight is 271 g/mol. The Kier molecular flexibility index (Phi) is 7.34. The molecule has 19 heavy (non-hydrogen) atoms. The highest BCUT2D eigenvalue weighted by molar-refractivity contribution is 5.75. The number of likely N-dealkylation sites (tertiary alicyclic amines) is 1. The number of hydrogen-bond acceptors (Lipinski definition) is 5. The maximum absolute atomic E-state index is 11.6. The molecule has 112 valence electrons. The number of methoxy groups -OCH3 is 1. The molecule has 1 unspecified atom stereocenters. The lowest BCUT2D eigenvalue weighted by atomic mass is 10.0. The SMILES string of the molecule is CCNC(CCN1CCC(N(C)C)CC1)C(=O)OC. The standard InChI is InChI=1S/C14H29N3O2/c1-5-15-13(14(18)19-4)8-11-17-9-6-12(7-10-17)16(2)3/h12-13,15H,5-11H2,1-4H3. The zero-order valence-corrected chi connectivity index (χ0v) is 12.8. The van der Waals surface area contributed by atoms with Crippen molar-refractivity contribution in [2.45, 2.75) is 38.3 Å². The molecule has 1 N–H and O–H groups in total. The van der Waals surface area contributed by atoms with Crippen LogP contribution in [0.5, 0.6) is 0 Å². The molecule has 5 heteroatoms. The van der Waals surface area contributed by atoms with Crippen molar-refractivity contribution in [3.63, 3.8) is 0 Å². The van der Waals surface area contributed by atoms with Crippen LogP contribution in [0.4, 0.5) is 0 Å². The third-order valence-corrected chi connectivity index (χ3v) is 3.96. The largest absolute Gasteiger partial charge is 0.468 e. The fraction of sp³-hybridized carbons (Fsp3) is 0.929.